The molecular weight excluding hydrogens is 402 g/mol. The molecule has 0 saturated heterocycles. The van der Waals surface area contributed by atoms with Gasteiger partial charge in [0.2, 0.25) is 11.1 Å². The Balaban J connectivity index is 1.67. The van der Waals surface area contributed by atoms with Gasteiger partial charge in [0.15, 0.2) is 5.82 Å². The van der Waals surface area contributed by atoms with Crippen molar-refractivity contribution in [2.24, 2.45) is 0 Å². The van der Waals surface area contributed by atoms with Crippen LogP contribution in [0.5, 0.6) is 0 Å². The molecule has 0 radical (unpaired) electrons. The van der Waals surface area contributed by atoms with Gasteiger partial charge < -0.3 is 5.32 Å². The Morgan fingerprint density at radius 3 is 2.68 bits per heavy atom. The fourth-order valence-electron chi connectivity index (χ4n) is 2.31. The molecule has 0 aliphatic heterocycles. The van der Waals surface area contributed by atoms with Gasteiger partial charge in [-0.05, 0) is 19.9 Å². The van der Waals surface area contributed by atoms with Crippen molar-refractivity contribution in [2.45, 2.75) is 24.3 Å². The van der Waals surface area contributed by atoms with E-state index in [2.05, 4.69) is 20.5 Å². The number of H-pyrrole nitrogens is 1. The van der Waals surface area contributed by atoms with Gasteiger partial charge in [-0.3, -0.25) is 20.0 Å². The molecule has 28 heavy (non-hydrogen) atoms. The quantitative estimate of drug-likeness (QED) is 0.347. The first kappa shape index (κ1) is 19.8. The summed E-state index contributed by atoms with van der Waals surface area (Å²) in [4.78, 5) is 27.2. The molecule has 1 atom stereocenters. The van der Waals surface area contributed by atoms with Crippen LogP contribution in [0.4, 0.5) is 11.4 Å². The fraction of sp³-hybridized carbons (Fsp3) is 0.167. The normalized spacial score (nSPS) is 11.8. The van der Waals surface area contributed by atoms with Crippen LogP contribution >= 0.6 is 23.4 Å². The molecule has 0 aliphatic carbocycles. The molecule has 1 unspecified atom stereocenters. The van der Waals surface area contributed by atoms with Crippen molar-refractivity contribution >= 4 is 40.6 Å². The molecule has 0 spiro atoms. The first-order valence-electron chi connectivity index (χ1n) is 8.24. The van der Waals surface area contributed by atoms with Crippen molar-refractivity contribution in [1.29, 1.82) is 0 Å². The van der Waals surface area contributed by atoms with E-state index in [9.17, 15) is 14.9 Å². The monoisotopic (exact) mass is 417 g/mol. The number of halogens is 1. The Morgan fingerprint density at radius 2 is 2.00 bits per heavy atom. The number of aryl methyl sites for hydroxylation is 1. The van der Waals surface area contributed by atoms with E-state index in [0.717, 1.165) is 22.9 Å². The number of non-ortho nitro benzene ring substituents is 1. The number of nitro benzene ring substituents is 1. The Labute approximate surface area is 169 Å². The summed E-state index contributed by atoms with van der Waals surface area (Å²) in [7, 11) is 0. The highest BCUT2D eigenvalue weighted by Crippen LogP contribution is 2.28. The van der Waals surface area contributed by atoms with Gasteiger partial charge in [-0.1, -0.05) is 53.2 Å². The van der Waals surface area contributed by atoms with E-state index in [1.54, 1.807) is 6.92 Å². The highest BCUT2D eigenvalue weighted by Gasteiger charge is 2.20. The van der Waals surface area contributed by atoms with Crippen molar-refractivity contribution in [3.63, 3.8) is 0 Å². The maximum Gasteiger partial charge on any atom is 0.271 e. The smallest absolute Gasteiger partial charge is 0.271 e. The van der Waals surface area contributed by atoms with Gasteiger partial charge in [0.1, 0.15) is 0 Å². The lowest BCUT2D eigenvalue weighted by atomic mass is 10.1. The van der Waals surface area contributed by atoms with Gasteiger partial charge in [-0.25, -0.2) is 4.98 Å². The van der Waals surface area contributed by atoms with Crippen LogP contribution in [0.2, 0.25) is 5.02 Å². The summed E-state index contributed by atoms with van der Waals surface area (Å²) >= 11 is 7.18. The van der Waals surface area contributed by atoms with Crippen LogP contribution in [0.25, 0.3) is 11.4 Å². The number of anilines is 1. The zero-order valence-electron chi connectivity index (χ0n) is 15.0. The van der Waals surface area contributed by atoms with E-state index in [-0.39, 0.29) is 22.3 Å². The van der Waals surface area contributed by atoms with E-state index in [0.29, 0.717) is 11.0 Å². The molecule has 0 saturated carbocycles. The number of nitrogens with one attached hydrogen (secondary N) is 2. The Bertz CT molecular complexity index is 1020. The molecule has 0 aliphatic rings. The number of benzene rings is 2. The van der Waals surface area contributed by atoms with Gasteiger partial charge in [-0.2, -0.15) is 0 Å². The van der Waals surface area contributed by atoms with Crippen LogP contribution in [0.3, 0.4) is 0 Å². The van der Waals surface area contributed by atoms with Crippen molar-refractivity contribution in [2.75, 3.05) is 5.32 Å². The van der Waals surface area contributed by atoms with Crippen molar-refractivity contribution < 1.29 is 9.72 Å². The van der Waals surface area contributed by atoms with E-state index in [1.165, 1.54) is 18.2 Å². The van der Waals surface area contributed by atoms with Crippen LogP contribution in [-0.4, -0.2) is 31.3 Å². The lowest BCUT2D eigenvalue weighted by Gasteiger charge is -2.11. The molecule has 0 bridgehead atoms. The highest BCUT2D eigenvalue weighted by atomic mass is 35.5. The second kappa shape index (κ2) is 8.41. The zero-order chi connectivity index (χ0) is 20.3. The van der Waals surface area contributed by atoms with Crippen LogP contribution in [0.1, 0.15) is 12.5 Å². The van der Waals surface area contributed by atoms with E-state index < -0.39 is 10.2 Å². The highest BCUT2D eigenvalue weighted by molar-refractivity contribution is 8.00. The van der Waals surface area contributed by atoms with Crippen molar-refractivity contribution in [3.8, 4) is 11.4 Å². The van der Waals surface area contributed by atoms with Gasteiger partial charge >= 0.3 is 0 Å². The molecular formula is C18H16ClN5O3S. The number of nitrogens with zero attached hydrogens (tertiary/aromatic N) is 3. The van der Waals surface area contributed by atoms with Crippen LogP contribution in [0, 0.1) is 17.0 Å². The molecule has 3 aromatic rings. The maximum atomic E-state index is 12.4. The van der Waals surface area contributed by atoms with Crippen molar-refractivity contribution in [1.82, 2.24) is 15.2 Å². The van der Waals surface area contributed by atoms with Crippen LogP contribution in [-0.2, 0) is 4.79 Å². The fourth-order valence-corrected chi connectivity index (χ4v) is 3.20. The second-order valence-electron chi connectivity index (χ2n) is 6.00. The average molecular weight is 418 g/mol. The first-order valence-corrected chi connectivity index (χ1v) is 9.50. The molecule has 2 N–H and O–H groups in total. The number of hydrogen-bond donors (Lipinski definition) is 2. The SMILES string of the molecule is Cc1ccc(-c2nc(SC(C)C(=O)Nc3cc([N+](=O)[O-])ccc3Cl)n[nH]2)cc1. The van der Waals surface area contributed by atoms with Gasteiger partial charge in [0, 0.05) is 17.7 Å². The van der Waals surface area contributed by atoms with E-state index >= 15 is 0 Å². The molecule has 144 valence electrons. The number of carbonyl (C=O) groups excluding carboxylic acids is 1. The lowest BCUT2D eigenvalue weighted by molar-refractivity contribution is -0.384. The standard InChI is InChI=1S/C18H16ClN5O3S/c1-10-3-5-12(6-4-10)16-21-18(23-22-16)28-11(2)17(25)20-15-9-13(24(26)27)7-8-14(15)19/h3-9,11H,1-2H3,(H,20,25)(H,21,22,23). The number of nitro groups is 1. The lowest BCUT2D eigenvalue weighted by Crippen LogP contribution is -2.22. The van der Waals surface area contributed by atoms with Crippen molar-refractivity contribution in [3.05, 3.63) is 63.2 Å². The molecule has 1 heterocycles. The van der Waals surface area contributed by atoms with Gasteiger partial charge in [0.25, 0.3) is 5.69 Å². The molecule has 3 rings (SSSR count). The third-order valence-electron chi connectivity index (χ3n) is 3.86. The summed E-state index contributed by atoms with van der Waals surface area (Å²) in [6, 6.07) is 11.7. The minimum Gasteiger partial charge on any atom is -0.324 e. The van der Waals surface area contributed by atoms with Crippen LogP contribution < -0.4 is 5.32 Å². The molecule has 1 amide bonds. The zero-order valence-corrected chi connectivity index (χ0v) is 16.5. The molecule has 8 nitrogen and oxygen atoms in total. The predicted octanol–water partition coefficient (Wildman–Crippen LogP) is 4.46. The molecule has 10 heteroatoms. The minimum absolute atomic E-state index is 0.156. The number of carbonyl (C=O) groups is 1. The predicted molar refractivity (Wildman–Crippen MR) is 109 cm³/mol. The Hall–Kier alpha value is -2.91. The van der Waals surface area contributed by atoms with Crippen LogP contribution in [0.15, 0.2) is 47.6 Å². The number of aromatic amines is 1. The average Bonchev–Trinajstić information content (AvgIpc) is 3.12. The first-order chi connectivity index (χ1) is 13.3. The van der Waals surface area contributed by atoms with E-state index in [1.807, 2.05) is 31.2 Å². The summed E-state index contributed by atoms with van der Waals surface area (Å²) in [6.07, 6.45) is 0. The number of aromatic nitrogens is 3. The van der Waals surface area contributed by atoms with E-state index in [4.69, 9.17) is 11.6 Å². The second-order valence-corrected chi connectivity index (χ2v) is 7.72. The Kier molecular flexibility index (Phi) is 5.96. The summed E-state index contributed by atoms with van der Waals surface area (Å²) < 4.78 is 0. The number of amides is 1. The topological polar surface area (TPSA) is 114 Å². The van der Waals surface area contributed by atoms with Gasteiger partial charge in [0.05, 0.1) is 20.9 Å². The number of thioether (sulfide) groups is 1. The molecule has 2 aromatic carbocycles. The molecule has 1 aromatic heterocycles. The Morgan fingerprint density at radius 1 is 1.29 bits per heavy atom. The number of hydrogen-bond acceptors (Lipinski definition) is 6. The summed E-state index contributed by atoms with van der Waals surface area (Å²) in [6.45, 7) is 3.69. The third-order valence-corrected chi connectivity index (χ3v) is 5.15. The minimum atomic E-state index is -0.551. The molecule has 0 fully saturated rings. The largest absolute Gasteiger partial charge is 0.324 e. The third kappa shape index (κ3) is 4.68. The summed E-state index contributed by atoms with van der Waals surface area (Å²) in [5.41, 5.74) is 2.06. The number of rotatable bonds is 6. The maximum absolute atomic E-state index is 12.4. The summed E-state index contributed by atoms with van der Waals surface area (Å²) in [5, 5.41) is 20.6. The van der Waals surface area contributed by atoms with Gasteiger partial charge in [-0.15, -0.1) is 5.10 Å². The summed E-state index contributed by atoms with van der Waals surface area (Å²) in [5.74, 6) is 0.242.